The van der Waals surface area contributed by atoms with Gasteiger partial charge >= 0.3 is 6.09 Å². The molecule has 0 spiro atoms. The van der Waals surface area contributed by atoms with Crippen LogP contribution in [0.4, 0.5) is 16.2 Å². The molecule has 2 aromatic carbocycles. The largest absolute Gasteiger partial charge is 0.444 e. The van der Waals surface area contributed by atoms with Crippen LogP contribution in [0.3, 0.4) is 0 Å². The van der Waals surface area contributed by atoms with Crippen molar-refractivity contribution >= 4 is 58.2 Å². The lowest BCUT2D eigenvalue weighted by Crippen LogP contribution is -2.36. The number of hydrogen-bond donors (Lipinski definition) is 5. The molecule has 4 rings (SSSR count). The molecule has 1 radical (unpaired) electrons. The molecule has 5 N–H and O–H groups in total. The Bertz CT molecular complexity index is 1330. The van der Waals surface area contributed by atoms with Crippen molar-refractivity contribution < 1.29 is 9.53 Å². The van der Waals surface area contributed by atoms with Gasteiger partial charge in [-0.1, -0.05) is 31.8 Å². The number of amides is 1. The summed E-state index contributed by atoms with van der Waals surface area (Å²) in [5, 5.41) is 18.8. The van der Waals surface area contributed by atoms with E-state index in [0.717, 1.165) is 38.7 Å². The quantitative estimate of drug-likeness (QED) is 0.187. The summed E-state index contributed by atoms with van der Waals surface area (Å²) in [6, 6.07) is 10.0. The Kier molecular flexibility index (Phi) is 8.93. The summed E-state index contributed by atoms with van der Waals surface area (Å²) in [4.78, 5) is 15.4. The highest BCUT2D eigenvalue weighted by atomic mass is 35.5. The second kappa shape index (κ2) is 11.9. The van der Waals surface area contributed by atoms with Gasteiger partial charge in [-0.2, -0.15) is 5.10 Å². The molecule has 0 bridgehead atoms. The number of aromatic nitrogens is 3. The summed E-state index contributed by atoms with van der Waals surface area (Å²) in [6.45, 7) is 13.9. The molecule has 1 amide bonds. The molecule has 2 aromatic heterocycles. The van der Waals surface area contributed by atoms with E-state index < -0.39 is 11.7 Å². The lowest BCUT2D eigenvalue weighted by molar-refractivity contribution is 0.0542. The van der Waals surface area contributed by atoms with E-state index in [1.807, 2.05) is 59.9 Å². The number of nitrogens with zero attached hydrogens (tertiary/aromatic N) is 1. The summed E-state index contributed by atoms with van der Waals surface area (Å²) in [6.07, 6.45) is 3.67. The van der Waals surface area contributed by atoms with Crippen LogP contribution in [0.5, 0.6) is 0 Å². The molecule has 10 heteroatoms. The number of rotatable bonds is 7. The first kappa shape index (κ1) is 27.0. The number of carbonyl (C=O) groups is 1. The van der Waals surface area contributed by atoms with Crippen molar-refractivity contribution in [1.29, 1.82) is 0 Å². The monoisotopic (exact) mass is 507 g/mol. The average Bonchev–Trinajstić information content (AvgIpc) is 3.41. The molecule has 0 fully saturated rings. The molecule has 0 aliphatic carbocycles. The minimum Gasteiger partial charge on any atom is -0.444 e. The standard InChI is InChI=1S/C24H27ClN6O2.C2H6B/c1-14(29-23(32)33-24(2,3)4)26-8-7-15-9-17(30-18-12-27-28-13-18)11-20-19-10-16(25)5-6-21(19)31-22(15)20;1-3-2/h5-6,9-13,26,30-31H,1,7-8H2,2-4H3,(H,27,28)(H,29,32);1-2H3. The molecule has 8 nitrogen and oxygen atoms in total. The first-order valence-electron chi connectivity index (χ1n) is 11.8. The van der Waals surface area contributed by atoms with Gasteiger partial charge in [0.15, 0.2) is 0 Å². The zero-order chi connectivity index (χ0) is 26.3. The van der Waals surface area contributed by atoms with Crippen molar-refractivity contribution in [2.75, 3.05) is 11.9 Å². The van der Waals surface area contributed by atoms with Crippen molar-refractivity contribution in [3.05, 3.63) is 65.7 Å². The number of aromatic amines is 2. The maximum absolute atomic E-state index is 11.9. The van der Waals surface area contributed by atoms with Crippen LogP contribution in [-0.2, 0) is 11.2 Å². The first-order chi connectivity index (χ1) is 17.1. The smallest absolute Gasteiger partial charge is 0.413 e. The van der Waals surface area contributed by atoms with Gasteiger partial charge in [-0.3, -0.25) is 10.4 Å². The van der Waals surface area contributed by atoms with E-state index in [1.165, 1.54) is 0 Å². The van der Waals surface area contributed by atoms with Gasteiger partial charge in [0.25, 0.3) is 0 Å². The number of H-pyrrole nitrogens is 2. The normalized spacial score (nSPS) is 10.9. The minimum absolute atomic E-state index is 0.386. The van der Waals surface area contributed by atoms with Crippen LogP contribution in [0.1, 0.15) is 26.3 Å². The van der Waals surface area contributed by atoms with E-state index in [-0.39, 0.29) is 0 Å². The molecule has 0 saturated heterocycles. The molecule has 0 aliphatic heterocycles. The Hall–Kier alpha value is -3.59. The van der Waals surface area contributed by atoms with Crippen LogP contribution in [0, 0.1) is 0 Å². The van der Waals surface area contributed by atoms with Crippen molar-refractivity contribution in [3.63, 3.8) is 0 Å². The number of hydrogen-bond acceptors (Lipinski definition) is 5. The maximum Gasteiger partial charge on any atom is 0.413 e. The SMILES string of the molecule is C=C(NCCc1cc(Nc2cn[nH]c2)cc2c1[nH]c1ccc(Cl)cc12)NC(=O)OC(C)(C)C.C[B]C. The van der Waals surface area contributed by atoms with Crippen LogP contribution in [-0.4, -0.2) is 40.7 Å². The summed E-state index contributed by atoms with van der Waals surface area (Å²) < 4.78 is 5.26. The summed E-state index contributed by atoms with van der Waals surface area (Å²) in [7, 11) is 2.00. The van der Waals surface area contributed by atoms with Gasteiger partial charge < -0.3 is 20.4 Å². The van der Waals surface area contributed by atoms with Crippen LogP contribution in [0.25, 0.3) is 21.8 Å². The van der Waals surface area contributed by atoms with Gasteiger partial charge in [0.05, 0.1) is 11.9 Å². The molecule has 189 valence electrons. The van der Waals surface area contributed by atoms with Gasteiger partial charge in [0, 0.05) is 45.3 Å². The highest BCUT2D eigenvalue weighted by molar-refractivity contribution is 6.32. The van der Waals surface area contributed by atoms with Gasteiger partial charge in [-0.05, 0) is 63.1 Å². The maximum atomic E-state index is 11.9. The number of ether oxygens (including phenoxy) is 1. The third-order valence-electron chi connectivity index (χ3n) is 4.92. The number of nitrogens with one attached hydrogen (secondary N) is 5. The molecular formula is C26H33BClN6O2. The Balaban J connectivity index is 0.00000115. The van der Waals surface area contributed by atoms with Crippen molar-refractivity contribution in [2.45, 2.75) is 46.4 Å². The highest BCUT2D eigenvalue weighted by Gasteiger charge is 2.16. The van der Waals surface area contributed by atoms with Gasteiger partial charge in [-0.25, -0.2) is 4.79 Å². The number of fused-ring (bicyclic) bond motifs is 3. The third kappa shape index (κ3) is 7.45. The van der Waals surface area contributed by atoms with E-state index >= 15 is 0 Å². The van der Waals surface area contributed by atoms with Crippen molar-refractivity contribution in [2.24, 2.45) is 0 Å². The van der Waals surface area contributed by atoms with E-state index in [9.17, 15) is 4.79 Å². The van der Waals surface area contributed by atoms with E-state index in [4.69, 9.17) is 16.3 Å². The summed E-state index contributed by atoms with van der Waals surface area (Å²) >= 11 is 6.26. The second-order valence-corrected chi connectivity index (χ2v) is 9.78. The number of benzene rings is 2. The third-order valence-corrected chi connectivity index (χ3v) is 5.16. The highest BCUT2D eigenvalue weighted by Crippen LogP contribution is 2.33. The minimum atomic E-state index is -0.573. The number of anilines is 2. The Labute approximate surface area is 217 Å². The van der Waals surface area contributed by atoms with Crippen LogP contribution in [0.2, 0.25) is 18.7 Å². The molecule has 0 aliphatic rings. The lowest BCUT2D eigenvalue weighted by Gasteiger charge is -2.20. The van der Waals surface area contributed by atoms with Crippen LogP contribution < -0.4 is 16.0 Å². The fourth-order valence-corrected chi connectivity index (χ4v) is 3.79. The molecular weight excluding hydrogens is 475 g/mol. The number of carbonyl (C=O) groups excluding carboxylic acids is 1. The van der Waals surface area contributed by atoms with Crippen LogP contribution in [0.15, 0.2) is 55.1 Å². The summed E-state index contributed by atoms with van der Waals surface area (Å²) in [5.41, 5.74) is 4.38. The van der Waals surface area contributed by atoms with E-state index in [0.29, 0.717) is 23.8 Å². The Morgan fingerprint density at radius 2 is 1.92 bits per heavy atom. The Morgan fingerprint density at radius 1 is 1.17 bits per heavy atom. The predicted octanol–water partition coefficient (Wildman–Crippen LogP) is 6.36. The van der Waals surface area contributed by atoms with Crippen molar-refractivity contribution in [1.82, 2.24) is 25.8 Å². The van der Waals surface area contributed by atoms with E-state index in [2.05, 4.69) is 49.8 Å². The predicted molar refractivity (Wildman–Crippen MR) is 150 cm³/mol. The zero-order valence-electron chi connectivity index (χ0n) is 21.4. The first-order valence-corrected chi connectivity index (χ1v) is 12.1. The molecule has 0 saturated carbocycles. The van der Waals surface area contributed by atoms with Gasteiger partial charge in [-0.15, -0.1) is 0 Å². The summed E-state index contributed by atoms with van der Waals surface area (Å²) in [5.74, 6) is 0.386. The number of alkyl carbamates (subject to hydrolysis) is 1. The van der Waals surface area contributed by atoms with Crippen molar-refractivity contribution in [3.8, 4) is 0 Å². The molecule has 0 atom stereocenters. The van der Waals surface area contributed by atoms with Crippen LogP contribution >= 0.6 is 11.6 Å². The van der Waals surface area contributed by atoms with Gasteiger partial charge in [0.2, 0.25) is 0 Å². The second-order valence-electron chi connectivity index (χ2n) is 9.34. The molecule has 4 aromatic rings. The van der Waals surface area contributed by atoms with E-state index in [1.54, 1.807) is 12.4 Å². The fourth-order valence-electron chi connectivity index (χ4n) is 3.62. The average molecular weight is 508 g/mol. The number of halogens is 1. The van der Waals surface area contributed by atoms with Gasteiger partial charge in [0.1, 0.15) is 18.7 Å². The lowest BCUT2D eigenvalue weighted by atomic mass is 9.88. The molecule has 0 unspecified atom stereocenters. The topological polar surface area (TPSA) is 107 Å². The fraction of sp³-hybridized carbons (Fsp3) is 0.308. The zero-order valence-corrected chi connectivity index (χ0v) is 22.1. The molecule has 36 heavy (non-hydrogen) atoms. The molecule has 2 heterocycles. The Morgan fingerprint density at radius 3 is 2.58 bits per heavy atom.